The Balaban J connectivity index is 1.77. The van der Waals surface area contributed by atoms with E-state index in [4.69, 9.17) is 5.73 Å². The van der Waals surface area contributed by atoms with Gasteiger partial charge in [0.05, 0.1) is 6.04 Å². The van der Waals surface area contributed by atoms with Crippen LogP contribution in [0.2, 0.25) is 0 Å². The highest BCUT2D eigenvalue weighted by Gasteiger charge is 2.16. The summed E-state index contributed by atoms with van der Waals surface area (Å²) in [5.41, 5.74) is 9.54. The van der Waals surface area contributed by atoms with Crippen molar-refractivity contribution in [1.82, 2.24) is 5.32 Å². The third kappa shape index (κ3) is 4.71. The van der Waals surface area contributed by atoms with Crippen molar-refractivity contribution >= 4 is 11.7 Å². The molecule has 0 saturated heterocycles. The summed E-state index contributed by atoms with van der Waals surface area (Å²) >= 11 is 0. The van der Waals surface area contributed by atoms with Crippen LogP contribution in [0.5, 0.6) is 0 Å². The number of nitrogens with one attached hydrogen (secondary N) is 2. The smallest absolute Gasteiger partial charge is 0.319 e. The summed E-state index contributed by atoms with van der Waals surface area (Å²) < 4.78 is 0. The molecule has 0 heterocycles. The lowest BCUT2D eigenvalue weighted by Crippen LogP contribution is -2.33. The van der Waals surface area contributed by atoms with E-state index in [1.165, 1.54) is 0 Å². The molecule has 3 aromatic carbocycles. The van der Waals surface area contributed by atoms with Gasteiger partial charge in [-0.3, -0.25) is 0 Å². The maximum Gasteiger partial charge on any atom is 0.319 e. The maximum absolute atomic E-state index is 12.6. The van der Waals surface area contributed by atoms with E-state index >= 15 is 0 Å². The number of carbonyl (C=O) groups excluding carboxylic acids is 1. The van der Waals surface area contributed by atoms with E-state index in [9.17, 15) is 4.79 Å². The van der Waals surface area contributed by atoms with Gasteiger partial charge in [-0.15, -0.1) is 0 Å². The van der Waals surface area contributed by atoms with E-state index in [2.05, 4.69) is 10.6 Å². The minimum absolute atomic E-state index is 0.218. The predicted molar refractivity (Wildman–Crippen MR) is 106 cm³/mol. The first-order chi connectivity index (χ1) is 12.8. The zero-order valence-electron chi connectivity index (χ0n) is 14.6. The second-order valence-electron chi connectivity index (χ2n) is 6.09. The number of benzene rings is 3. The Labute approximate surface area is 154 Å². The van der Waals surface area contributed by atoms with Gasteiger partial charge in [0, 0.05) is 5.69 Å². The van der Waals surface area contributed by atoms with Gasteiger partial charge in [0.1, 0.15) is 0 Å². The standard InChI is InChI=1S/C22H23N3O/c23-15-14-17-8-7-13-20(16-17)24-22(26)25-21(18-9-3-1-4-10-18)19-11-5-2-6-12-19/h1-13,16,21H,14-15,23H2,(H2,24,25,26). The molecule has 0 bridgehead atoms. The number of hydrogen-bond donors (Lipinski definition) is 3. The number of nitrogens with two attached hydrogens (primary N) is 1. The lowest BCUT2D eigenvalue weighted by Gasteiger charge is -2.20. The SMILES string of the molecule is NCCc1cccc(NC(=O)NC(c2ccccc2)c2ccccc2)c1. The van der Waals surface area contributed by atoms with Crippen LogP contribution in [-0.2, 0) is 6.42 Å². The Morgan fingerprint density at radius 2 is 1.46 bits per heavy atom. The van der Waals surface area contributed by atoms with Crippen molar-refractivity contribution in [2.24, 2.45) is 5.73 Å². The van der Waals surface area contributed by atoms with Crippen LogP contribution in [0.15, 0.2) is 84.9 Å². The first-order valence-corrected chi connectivity index (χ1v) is 8.72. The highest BCUT2D eigenvalue weighted by atomic mass is 16.2. The van der Waals surface area contributed by atoms with Crippen LogP contribution in [0.3, 0.4) is 0 Å². The normalized spacial score (nSPS) is 10.5. The Kier molecular flexibility index (Phi) is 6.01. The summed E-state index contributed by atoms with van der Waals surface area (Å²) in [4.78, 5) is 12.6. The van der Waals surface area contributed by atoms with Crippen molar-refractivity contribution in [2.45, 2.75) is 12.5 Å². The molecule has 0 saturated carbocycles. The van der Waals surface area contributed by atoms with Crippen LogP contribution in [0.25, 0.3) is 0 Å². The number of urea groups is 1. The lowest BCUT2D eigenvalue weighted by molar-refractivity contribution is 0.250. The fourth-order valence-electron chi connectivity index (χ4n) is 2.92. The molecule has 0 fully saturated rings. The van der Waals surface area contributed by atoms with Gasteiger partial charge in [-0.25, -0.2) is 4.79 Å². The van der Waals surface area contributed by atoms with E-state index in [1.807, 2.05) is 84.9 Å². The van der Waals surface area contributed by atoms with Crippen LogP contribution in [0.4, 0.5) is 10.5 Å². The third-order valence-corrected chi connectivity index (χ3v) is 4.16. The van der Waals surface area contributed by atoms with Crippen molar-refractivity contribution in [3.8, 4) is 0 Å². The minimum Gasteiger partial charge on any atom is -0.330 e. The molecule has 0 unspecified atom stereocenters. The van der Waals surface area contributed by atoms with E-state index in [0.29, 0.717) is 6.54 Å². The number of amides is 2. The van der Waals surface area contributed by atoms with Crippen molar-refractivity contribution in [2.75, 3.05) is 11.9 Å². The molecule has 2 amide bonds. The Bertz CT molecular complexity index is 795. The zero-order valence-corrected chi connectivity index (χ0v) is 14.6. The Hall–Kier alpha value is -3.11. The highest BCUT2D eigenvalue weighted by Crippen LogP contribution is 2.22. The molecule has 0 aliphatic heterocycles. The largest absolute Gasteiger partial charge is 0.330 e. The quantitative estimate of drug-likeness (QED) is 0.630. The fourth-order valence-corrected chi connectivity index (χ4v) is 2.92. The molecule has 4 nitrogen and oxygen atoms in total. The molecular formula is C22H23N3O. The van der Waals surface area contributed by atoms with E-state index in [-0.39, 0.29) is 12.1 Å². The Morgan fingerprint density at radius 3 is 2.04 bits per heavy atom. The average Bonchev–Trinajstić information content (AvgIpc) is 2.68. The van der Waals surface area contributed by atoms with Gasteiger partial charge in [-0.1, -0.05) is 72.8 Å². The molecule has 4 heteroatoms. The minimum atomic E-state index is -0.243. The summed E-state index contributed by atoms with van der Waals surface area (Å²) in [6, 6.07) is 27.2. The van der Waals surface area contributed by atoms with Crippen LogP contribution in [-0.4, -0.2) is 12.6 Å². The van der Waals surface area contributed by atoms with Gasteiger partial charge in [-0.05, 0) is 41.8 Å². The van der Waals surface area contributed by atoms with Crippen LogP contribution in [0, 0.1) is 0 Å². The molecule has 0 atom stereocenters. The molecule has 26 heavy (non-hydrogen) atoms. The number of carbonyl (C=O) groups is 1. The van der Waals surface area contributed by atoms with Crippen LogP contribution in [0.1, 0.15) is 22.7 Å². The Morgan fingerprint density at radius 1 is 0.846 bits per heavy atom. The fraction of sp³-hybridized carbons (Fsp3) is 0.136. The van der Waals surface area contributed by atoms with Gasteiger partial charge in [0.15, 0.2) is 0 Å². The monoisotopic (exact) mass is 345 g/mol. The molecule has 3 rings (SSSR count). The lowest BCUT2D eigenvalue weighted by atomic mass is 9.99. The molecule has 0 aliphatic carbocycles. The van der Waals surface area contributed by atoms with Gasteiger partial charge >= 0.3 is 6.03 Å². The van der Waals surface area contributed by atoms with Gasteiger partial charge < -0.3 is 16.4 Å². The second-order valence-corrected chi connectivity index (χ2v) is 6.09. The summed E-state index contributed by atoms with van der Waals surface area (Å²) in [7, 11) is 0. The molecule has 3 aromatic rings. The molecule has 0 radical (unpaired) electrons. The maximum atomic E-state index is 12.6. The number of anilines is 1. The van der Waals surface area contributed by atoms with Crippen molar-refractivity contribution in [3.05, 3.63) is 102 Å². The van der Waals surface area contributed by atoms with Gasteiger partial charge in [0.25, 0.3) is 0 Å². The van der Waals surface area contributed by atoms with E-state index in [0.717, 1.165) is 28.8 Å². The molecule has 0 aromatic heterocycles. The summed E-state index contributed by atoms with van der Waals surface area (Å²) in [5.74, 6) is 0. The first-order valence-electron chi connectivity index (χ1n) is 8.72. The number of hydrogen-bond acceptors (Lipinski definition) is 2. The van der Waals surface area contributed by atoms with Crippen LogP contribution >= 0.6 is 0 Å². The van der Waals surface area contributed by atoms with Crippen LogP contribution < -0.4 is 16.4 Å². The van der Waals surface area contributed by atoms with Gasteiger partial charge in [-0.2, -0.15) is 0 Å². The van der Waals surface area contributed by atoms with E-state index in [1.54, 1.807) is 0 Å². The van der Waals surface area contributed by atoms with Crippen molar-refractivity contribution < 1.29 is 4.79 Å². The zero-order chi connectivity index (χ0) is 18.2. The van der Waals surface area contributed by atoms with Gasteiger partial charge in [0.2, 0.25) is 0 Å². The third-order valence-electron chi connectivity index (χ3n) is 4.16. The second kappa shape index (κ2) is 8.83. The predicted octanol–water partition coefficient (Wildman–Crippen LogP) is 4.10. The highest BCUT2D eigenvalue weighted by molar-refractivity contribution is 5.89. The summed E-state index contributed by atoms with van der Waals surface area (Å²) in [6.45, 7) is 0.583. The summed E-state index contributed by atoms with van der Waals surface area (Å²) in [5, 5.41) is 5.99. The molecule has 0 spiro atoms. The van der Waals surface area contributed by atoms with Crippen molar-refractivity contribution in [1.29, 1.82) is 0 Å². The van der Waals surface area contributed by atoms with Crippen molar-refractivity contribution in [3.63, 3.8) is 0 Å². The summed E-state index contributed by atoms with van der Waals surface area (Å²) in [6.07, 6.45) is 0.786. The topological polar surface area (TPSA) is 67.1 Å². The average molecular weight is 345 g/mol. The number of rotatable bonds is 6. The molecule has 132 valence electrons. The molecular weight excluding hydrogens is 322 g/mol. The van der Waals surface area contributed by atoms with E-state index < -0.39 is 0 Å². The first kappa shape index (κ1) is 17.7. The molecule has 4 N–H and O–H groups in total. The molecule has 0 aliphatic rings.